The molecule has 0 radical (unpaired) electrons. The van der Waals surface area contributed by atoms with Crippen LogP contribution < -0.4 is 16.0 Å². The number of allylic oxidation sites excluding steroid dienone is 1. The Kier molecular flexibility index (Phi) is 19.0. The molecule has 5 N–H and O–H groups in total. The maximum atomic E-state index is 12.4. The van der Waals surface area contributed by atoms with Crippen LogP contribution in [0.15, 0.2) is 138 Å². The Morgan fingerprint density at radius 2 is 0.896 bits per heavy atom. The van der Waals surface area contributed by atoms with Crippen LogP contribution in [0.3, 0.4) is 0 Å². The Bertz CT molecular complexity index is 4220. The second-order valence-electron chi connectivity index (χ2n) is 22.5. The van der Waals surface area contributed by atoms with Gasteiger partial charge in [0, 0.05) is 43.5 Å². The van der Waals surface area contributed by atoms with Gasteiger partial charge in [0.1, 0.15) is 35.1 Å². The lowest BCUT2D eigenvalue weighted by atomic mass is 10.0. The first-order valence-corrected chi connectivity index (χ1v) is 31.0. The molecule has 9 aliphatic heterocycles. The summed E-state index contributed by atoms with van der Waals surface area (Å²) in [5.74, 6) is -10.3. The lowest BCUT2D eigenvalue weighted by Crippen LogP contribution is -2.54. The second-order valence-corrected chi connectivity index (χ2v) is 24.3. The van der Waals surface area contributed by atoms with Gasteiger partial charge in [-0.3, -0.25) is 97.3 Å². The van der Waals surface area contributed by atoms with Crippen LogP contribution in [0.5, 0.6) is 0 Å². The van der Waals surface area contributed by atoms with E-state index in [4.69, 9.17) is 10.2 Å². The molecular weight excluding hydrogens is 1280 g/mol. The van der Waals surface area contributed by atoms with Crippen molar-refractivity contribution < 1.29 is 105 Å². The molecule has 0 saturated carbocycles. The van der Waals surface area contributed by atoms with Gasteiger partial charge in [0.05, 0.1) is 38.9 Å². The summed E-state index contributed by atoms with van der Waals surface area (Å²) < 4.78 is 30.0. The quantitative estimate of drug-likeness (QED) is 0.0802. The third-order valence-electron chi connectivity index (χ3n) is 16.5. The van der Waals surface area contributed by atoms with E-state index < -0.39 is 124 Å². The van der Waals surface area contributed by atoms with Crippen LogP contribution in [0.2, 0.25) is 0 Å². The number of amides is 13. The summed E-state index contributed by atoms with van der Waals surface area (Å²) in [5, 5.41) is 24.7. The molecule has 4 saturated heterocycles. The van der Waals surface area contributed by atoms with Crippen LogP contribution >= 0.6 is 0 Å². The van der Waals surface area contributed by atoms with E-state index in [1.165, 1.54) is 36.4 Å². The Morgan fingerprint density at radius 1 is 0.479 bits per heavy atom. The number of benzene rings is 5. The number of carboxylic acids is 2. The van der Waals surface area contributed by atoms with E-state index in [0.29, 0.717) is 51.0 Å². The third kappa shape index (κ3) is 12.9. The minimum Gasteiger partial charge on any atom is -0.481 e. The number of imide groups is 5. The Hall–Kier alpha value is -12.0. The number of carbonyl (C=O) groups is 17. The van der Waals surface area contributed by atoms with E-state index in [1.54, 1.807) is 71.6 Å². The molecule has 5 unspecified atom stereocenters. The Labute approximate surface area is 542 Å². The number of sulfonamides is 1. The molecule has 0 spiro atoms. The second kappa shape index (κ2) is 27.3. The molecule has 5 aromatic rings. The van der Waals surface area contributed by atoms with Crippen molar-refractivity contribution in [2.45, 2.75) is 106 Å². The molecule has 0 aliphatic carbocycles. The van der Waals surface area contributed by atoms with Crippen molar-refractivity contribution in [3.8, 4) is 0 Å². The van der Waals surface area contributed by atoms with Crippen LogP contribution in [0.1, 0.15) is 153 Å². The normalized spacial score (nSPS) is 21.5. The molecule has 9 heterocycles. The average molecular weight is 1330 g/mol. The predicted octanol–water partition coefficient (Wildman–Crippen LogP) is 2.27. The largest absolute Gasteiger partial charge is 0.481 e. The fourth-order valence-corrected chi connectivity index (χ4v) is 13.6. The number of piperidine rings is 3. The van der Waals surface area contributed by atoms with Crippen molar-refractivity contribution in [1.82, 2.24) is 39.9 Å². The molecule has 13 amide bonds. The monoisotopic (exact) mass is 1330 g/mol. The molecule has 4 fully saturated rings. The number of aliphatic carboxylic acids is 2. The van der Waals surface area contributed by atoms with Crippen LogP contribution in [-0.2, 0) is 64.5 Å². The number of rotatable bonds is 9. The van der Waals surface area contributed by atoms with Gasteiger partial charge in [0.15, 0.2) is 0 Å². The fourth-order valence-electron chi connectivity index (χ4n) is 11.9. The number of nitrogens with one attached hydrogen (secondary N) is 3. The maximum Gasteiger partial charge on any atom is 0.337 e. The molecule has 14 rings (SSSR count). The van der Waals surface area contributed by atoms with Crippen molar-refractivity contribution in [3.05, 3.63) is 184 Å². The number of carboxylic acid groups (broad SMARTS) is 2. The number of hydrogen-bond acceptors (Lipinski definition) is 20. The van der Waals surface area contributed by atoms with Crippen LogP contribution in [-0.4, -0.2) is 173 Å². The lowest BCUT2D eigenvalue weighted by Gasteiger charge is -2.29. The number of hydrogen-bond donors (Lipinski definition) is 5. The highest BCUT2D eigenvalue weighted by molar-refractivity contribution is 7.90. The minimum atomic E-state index is -3.95. The number of carbonyl (C=O) groups excluding carboxylic acids is 15. The fraction of sp³-hybridized carbons (Fsp3) is 0.246. The first-order valence-electron chi connectivity index (χ1n) is 29.5. The number of fused-ring (bicyclic) bond motifs is 5. The third-order valence-corrected chi connectivity index (χ3v) is 18.4. The SMILES string of the molecule is C=C1CCC(N2C(=O)c3ccccc3S2(=O)=O)C(=O)N1.O=C(O)CCC(C(=O)O)N1C(=O)c2ccccc2C1=O.O=C1CCC(N2C(=O)c3ccccc3C2=O)C(=O)N1.O=C1CCC(N2C(=O)c3ccccc3C2=O)C(=O)O1.O=C1CCC(N2Cc3ccccc3C2=O)C(=O)N1. The summed E-state index contributed by atoms with van der Waals surface area (Å²) in [6, 6.07) is 27.2. The van der Waals surface area contributed by atoms with Gasteiger partial charge in [-0.15, -0.1) is 0 Å². The van der Waals surface area contributed by atoms with Gasteiger partial charge < -0.3 is 25.2 Å². The molecule has 5 aromatic carbocycles. The first-order chi connectivity index (χ1) is 45.7. The first kappa shape index (κ1) is 66.9. The molecule has 0 bridgehead atoms. The molecule has 492 valence electrons. The predicted molar refractivity (Wildman–Crippen MR) is 322 cm³/mol. The van der Waals surface area contributed by atoms with E-state index in [1.807, 2.05) is 18.2 Å². The lowest BCUT2D eigenvalue weighted by molar-refractivity contribution is -0.167. The summed E-state index contributed by atoms with van der Waals surface area (Å²) >= 11 is 0. The summed E-state index contributed by atoms with van der Waals surface area (Å²) in [4.78, 5) is 203. The zero-order valence-corrected chi connectivity index (χ0v) is 50.9. The van der Waals surface area contributed by atoms with Gasteiger partial charge >= 0.3 is 23.9 Å². The van der Waals surface area contributed by atoms with Crippen molar-refractivity contribution in [1.29, 1.82) is 0 Å². The number of ether oxygens (including phenoxy) is 1. The van der Waals surface area contributed by atoms with Crippen molar-refractivity contribution >= 4 is 111 Å². The van der Waals surface area contributed by atoms with Crippen molar-refractivity contribution in [2.24, 2.45) is 0 Å². The zero-order chi connectivity index (χ0) is 69.2. The smallest absolute Gasteiger partial charge is 0.337 e. The van der Waals surface area contributed by atoms with Gasteiger partial charge in [-0.2, -0.15) is 0 Å². The van der Waals surface area contributed by atoms with Gasteiger partial charge in [0.25, 0.3) is 57.3 Å². The highest BCUT2D eigenvalue weighted by Gasteiger charge is 2.50. The number of nitrogens with zero attached hydrogens (tertiary/aromatic N) is 5. The van der Waals surface area contributed by atoms with Crippen molar-refractivity contribution in [2.75, 3.05) is 0 Å². The molecule has 31 heteroatoms. The standard InChI is InChI=1S/C13H12N2O4S.C13H10N2O4.C13H12N2O3.C13H11NO6.C13H9NO5/c1-8-6-7-10(12(16)14-8)15-13(17)9-4-2-3-5-11(9)20(15,18)19;16-10-6-5-9(11(17)14-10)15-12(18)7-3-1-2-4-8(7)13(15)19;16-11-6-5-10(12(17)14-11)15-7-8-3-1-2-4-9(8)13(15)18;15-10(16)6-5-9(13(19)20)14-11(17)7-3-1-2-4-8(7)12(14)18;15-10-6-5-9(13(18)19-10)14-11(16)7-3-1-2-4-8(7)12(14)17/h2-5,10H,1,6-7H2,(H,14,16);1-4,9H,5-6H2,(H,14,16,17);1-4,10H,5-7H2,(H,14,16,17);1-4,9H,5-6H2,(H,15,16)(H,19,20);1-4,9H,5-6H2. The van der Waals surface area contributed by atoms with Crippen molar-refractivity contribution in [3.63, 3.8) is 0 Å². The summed E-state index contributed by atoms with van der Waals surface area (Å²) in [7, 11) is -3.95. The Balaban J connectivity index is 0.000000131. The zero-order valence-electron chi connectivity index (χ0n) is 50.1. The number of esters is 2. The van der Waals surface area contributed by atoms with E-state index >= 15 is 0 Å². The number of cyclic esters (lactones) is 2. The molecular formula is C65H54N8O22S. The molecule has 0 aromatic heterocycles. The van der Waals surface area contributed by atoms with E-state index in [9.17, 15) is 89.9 Å². The van der Waals surface area contributed by atoms with Crippen LogP contribution in [0.25, 0.3) is 0 Å². The van der Waals surface area contributed by atoms with Gasteiger partial charge in [0.2, 0.25) is 29.5 Å². The van der Waals surface area contributed by atoms with Crippen LogP contribution in [0, 0.1) is 0 Å². The molecule has 5 atom stereocenters. The molecule has 30 nitrogen and oxygen atoms in total. The molecule has 96 heavy (non-hydrogen) atoms. The highest BCUT2D eigenvalue weighted by Crippen LogP contribution is 2.35. The highest BCUT2D eigenvalue weighted by atomic mass is 32.2. The Morgan fingerprint density at radius 3 is 1.34 bits per heavy atom. The topological polar surface area (TPSA) is 426 Å². The van der Waals surface area contributed by atoms with Gasteiger partial charge in [-0.25, -0.2) is 22.3 Å². The average Bonchev–Trinajstić information content (AvgIpc) is 1.60. The molecule has 9 aliphatic rings. The maximum absolute atomic E-state index is 12.4. The minimum absolute atomic E-state index is 0.0177. The van der Waals surface area contributed by atoms with Gasteiger partial charge in [-0.05, 0) is 98.7 Å². The van der Waals surface area contributed by atoms with Crippen LogP contribution in [0.4, 0.5) is 0 Å². The van der Waals surface area contributed by atoms with E-state index in [-0.39, 0.29) is 101 Å². The summed E-state index contributed by atoms with van der Waals surface area (Å²) in [6.45, 7) is 4.08. The van der Waals surface area contributed by atoms with E-state index in [0.717, 1.165) is 15.4 Å². The van der Waals surface area contributed by atoms with E-state index in [2.05, 4.69) is 27.3 Å². The van der Waals surface area contributed by atoms with Gasteiger partial charge in [-0.1, -0.05) is 73.3 Å². The summed E-state index contributed by atoms with van der Waals surface area (Å²) in [5.41, 5.74) is 3.67. The summed E-state index contributed by atoms with van der Waals surface area (Å²) in [6.07, 6.45) is 1.07.